The van der Waals surface area contributed by atoms with E-state index >= 15 is 0 Å². The third-order valence-corrected chi connectivity index (χ3v) is 5.87. The predicted octanol–water partition coefficient (Wildman–Crippen LogP) is 1.92. The number of nitrogens with zero attached hydrogens (tertiary/aromatic N) is 3. The van der Waals surface area contributed by atoms with Gasteiger partial charge in [-0.05, 0) is 38.0 Å². The van der Waals surface area contributed by atoms with Crippen molar-refractivity contribution in [2.24, 2.45) is 0 Å². The van der Waals surface area contributed by atoms with Crippen molar-refractivity contribution < 1.29 is 17.5 Å². The topological polar surface area (TPSA) is 96.5 Å². The molecule has 2 aromatic rings. The Labute approximate surface area is 164 Å². The highest BCUT2D eigenvalue weighted by Gasteiger charge is 2.17. The van der Waals surface area contributed by atoms with Gasteiger partial charge in [0.2, 0.25) is 10.0 Å². The lowest BCUT2D eigenvalue weighted by Crippen LogP contribution is -2.29. The zero-order chi connectivity index (χ0) is 20.1. The Morgan fingerprint density at radius 1 is 1.18 bits per heavy atom. The van der Waals surface area contributed by atoms with E-state index in [2.05, 4.69) is 24.9 Å². The zero-order valence-corrected chi connectivity index (χ0v) is 16.7. The first-order valence-corrected chi connectivity index (χ1v) is 10.5. The lowest BCUT2D eigenvalue weighted by Gasteiger charge is -2.17. The lowest BCUT2D eigenvalue weighted by molar-refractivity contribution is 0.385. The number of rotatable bonds is 8. The van der Waals surface area contributed by atoms with Crippen LogP contribution in [0.25, 0.3) is 0 Å². The molecule has 0 bridgehead atoms. The van der Waals surface area contributed by atoms with Gasteiger partial charge in [-0.25, -0.2) is 27.5 Å². The number of benzene rings is 1. The van der Waals surface area contributed by atoms with Gasteiger partial charge in [0.05, 0.1) is 12.0 Å². The van der Waals surface area contributed by atoms with E-state index in [-0.39, 0.29) is 17.2 Å². The van der Waals surface area contributed by atoms with E-state index in [0.717, 1.165) is 37.8 Å². The maximum atomic E-state index is 13.7. The van der Waals surface area contributed by atoms with Gasteiger partial charge in [0.25, 0.3) is 0 Å². The summed E-state index contributed by atoms with van der Waals surface area (Å²) >= 11 is 0. The van der Waals surface area contributed by atoms with E-state index in [1.807, 2.05) is 13.0 Å². The summed E-state index contributed by atoms with van der Waals surface area (Å²) in [4.78, 5) is 10.9. The van der Waals surface area contributed by atoms with Crippen molar-refractivity contribution in [3.8, 4) is 5.75 Å². The van der Waals surface area contributed by atoms with Crippen LogP contribution in [-0.4, -0.2) is 51.7 Å². The highest BCUT2D eigenvalue weighted by molar-refractivity contribution is 7.89. The third kappa shape index (κ3) is 4.87. The van der Waals surface area contributed by atoms with Crippen LogP contribution in [0.3, 0.4) is 0 Å². The minimum absolute atomic E-state index is 0.00597. The quantitative estimate of drug-likeness (QED) is 0.643. The van der Waals surface area contributed by atoms with Crippen LogP contribution in [0.4, 0.5) is 16.0 Å². The number of anilines is 2. The zero-order valence-electron chi connectivity index (χ0n) is 15.9. The van der Waals surface area contributed by atoms with E-state index in [1.54, 1.807) is 0 Å². The third-order valence-electron chi connectivity index (χ3n) is 4.41. The average molecular weight is 409 g/mol. The number of methoxy groups -OCH3 is 1. The monoisotopic (exact) mass is 409 g/mol. The number of aryl methyl sites for hydroxylation is 1. The van der Waals surface area contributed by atoms with Gasteiger partial charge in [-0.1, -0.05) is 0 Å². The van der Waals surface area contributed by atoms with Crippen molar-refractivity contribution in [3.05, 3.63) is 35.9 Å². The van der Waals surface area contributed by atoms with Crippen LogP contribution < -0.4 is 19.7 Å². The van der Waals surface area contributed by atoms with Gasteiger partial charge >= 0.3 is 0 Å². The van der Waals surface area contributed by atoms with E-state index in [0.29, 0.717) is 18.2 Å². The van der Waals surface area contributed by atoms with Gasteiger partial charge in [-0.3, -0.25) is 0 Å². The first-order valence-electron chi connectivity index (χ1n) is 9.07. The van der Waals surface area contributed by atoms with Crippen molar-refractivity contribution in [1.82, 2.24) is 14.7 Å². The molecule has 3 rings (SSSR count). The standard InChI is InChI=1S/C18H24FN5O3S/c1-13-22-17(12-18(23-13)24-9-3-4-10-24)20-7-8-21-28(25,26)14-5-6-16(27-2)15(19)11-14/h5-6,11-12,21H,3-4,7-10H2,1-2H3,(H,20,22,23). The molecule has 152 valence electrons. The minimum atomic E-state index is -3.82. The number of sulfonamides is 1. The number of aromatic nitrogens is 2. The molecule has 0 unspecified atom stereocenters. The molecule has 1 aromatic carbocycles. The molecule has 8 nitrogen and oxygen atoms in total. The Morgan fingerprint density at radius 2 is 1.93 bits per heavy atom. The van der Waals surface area contributed by atoms with Crippen molar-refractivity contribution in [2.45, 2.75) is 24.7 Å². The largest absolute Gasteiger partial charge is 0.494 e. The Balaban J connectivity index is 1.57. The molecule has 2 heterocycles. The van der Waals surface area contributed by atoms with Crippen LogP contribution in [0.5, 0.6) is 5.75 Å². The molecule has 0 amide bonds. The molecule has 0 aliphatic carbocycles. The van der Waals surface area contributed by atoms with E-state index < -0.39 is 15.8 Å². The van der Waals surface area contributed by atoms with Gasteiger partial charge in [-0.2, -0.15) is 0 Å². The highest BCUT2D eigenvalue weighted by Crippen LogP contribution is 2.21. The smallest absolute Gasteiger partial charge is 0.240 e. The summed E-state index contributed by atoms with van der Waals surface area (Å²) in [5.74, 6) is 1.44. The van der Waals surface area contributed by atoms with E-state index in [9.17, 15) is 12.8 Å². The maximum absolute atomic E-state index is 13.7. The fourth-order valence-electron chi connectivity index (χ4n) is 3.02. The molecule has 2 N–H and O–H groups in total. The SMILES string of the molecule is COc1ccc(S(=O)(=O)NCCNc2cc(N3CCCC3)nc(C)n2)cc1F. The van der Waals surface area contributed by atoms with Gasteiger partial charge in [0, 0.05) is 32.2 Å². The van der Waals surface area contributed by atoms with Crippen molar-refractivity contribution in [3.63, 3.8) is 0 Å². The lowest BCUT2D eigenvalue weighted by atomic mass is 10.3. The Hall–Kier alpha value is -2.46. The molecule has 0 saturated carbocycles. The molecule has 0 radical (unpaired) electrons. The molecule has 28 heavy (non-hydrogen) atoms. The molecular weight excluding hydrogens is 385 g/mol. The molecule has 1 saturated heterocycles. The summed E-state index contributed by atoms with van der Waals surface area (Å²) in [5, 5.41) is 3.10. The highest BCUT2D eigenvalue weighted by atomic mass is 32.2. The van der Waals surface area contributed by atoms with Crippen LogP contribution in [0.15, 0.2) is 29.2 Å². The molecule has 0 spiro atoms. The first kappa shape index (κ1) is 20.3. The Kier molecular flexibility index (Phi) is 6.30. The second-order valence-corrected chi connectivity index (χ2v) is 8.24. The number of ether oxygens (including phenoxy) is 1. The van der Waals surface area contributed by atoms with Crippen molar-refractivity contribution in [2.75, 3.05) is 43.5 Å². The number of halogens is 1. The summed E-state index contributed by atoms with van der Waals surface area (Å²) in [6, 6.07) is 5.38. The fourth-order valence-corrected chi connectivity index (χ4v) is 4.07. The van der Waals surface area contributed by atoms with Crippen LogP contribution >= 0.6 is 0 Å². The number of nitrogens with one attached hydrogen (secondary N) is 2. The fraction of sp³-hybridized carbons (Fsp3) is 0.444. The molecular formula is C18H24FN5O3S. The Bertz CT molecular complexity index is 933. The second kappa shape index (κ2) is 8.70. The summed E-state index contributed by atoms with van der Waals surface area (Å²) in [5.41, 5.74) is 0. The van der Waals surface area contributed by atoms with Gasteiger partial charge in [0.1, 0.15) is 17.5 Å². The number of hydrogen-bond acceptors (Lipinski definition) is 7. The van der Waals surface area contributed by atoms with Gasteiger partial charge < -0.3 is 15.0 Å². The summed E-state index contributed by atoms with van der Waals surface area (Å²) in [7, 11) is -2.50. The normalized spacial score (nSPS) is 14.3. The van der Waals surface area contributed by atoms with Crippen molar-refractivity contribution >= 4 is 21.7 Å². The average Bonchev–Trinajstić information content (AvgIpc) is 3.19. The molecule has 10 heteroatoms. The summed E-state index contributed by atoms with van der Waals surface area (Å²) in [6.45, 7) is 4.24. The molecule has 0 atom stereocenters. The number of hydrogen-bond donors (Lipinski definition) is 2. The van der Waals surface area contributed by atoms with E-state index in [4.69, 9.17) is 4.74 Å². The van der Waals surface area contributed by atoms with E-state index in [1.165, 1.54) is 19.2 Å². The van der Waals surface area contributed by atoms with Gasteiger partial charge in [-0.15, -0.1) is 0 Å². The molecule has 1 aliphatic rings. The van der Waals surface area contributed by atoms with Crippen LogP contribution in [0.1, 0.15) is 18.7 Å². The van der Waals surface area contributed by atoms with Gasteiger partial charge in [0.15, 0.2) is 11.6 Å². The Morgan fingerprint density at radius 3 is 2.61 bits per heavy atom. The molecule has 1 aromatic heterocycles. The summed E-state index contributed by atoms with van der Waals surface area (Å²) in [6.07, 6.45) is 2.30. The second-order valence-electron chi connectivity index (χ2n) is 6.47. The maximum Gasteiger partial charge on any atom is 0.240 e. The summed E-state index contributed by atoms with van der Waals surface area (Å²) < 4.78 is 45.6. The van der Waals surface area contributed by atoms with Crippen LogP contribution in [-0.2, 0) is 10.0 Å². The predicted molar refractivity (Wildman–Crippen MR) is 105 cm³/mol. The van der Waals surface area contributed by atoms with Crippen molar-refractivity contribution in [1.29, 1.82) is 0 Å². The van der Waals surface area contributed by atoms with Crippen LogP contribution in [0.2, 0.25) is 0 Å². The molecule has 1 fully saturated rings. The minimum Gasteiger partial charge on any atom is -0.494 e. The molecule has 1 aliphatic heterocycles. The van der Waals surface area contributed by atoms with Crippen LogP contribution in [0, 0.1) is 12.7 Å². The first-order chi connectivity index (χ1) is 13.4.